The van der Waals surface area contributed by atoms with Crippen LogP contribution in [0.3, 0.4) is 0 Å². The Kier molecular flexibility index (Phi) is 15.0. The molecule has 5 heteroatoms. The summed E-state index contributed by atoms with van der Waals surface area (Å²) >= 11 is 1.83. The summed E-state index contributed by atoms with van der Waals surface area (Å²) in [6.45, 7) is 19.5. The first kappa shape index (κ1) is 40.3. The van der Waals surface area contributed by atoms with E-state index in [1.807, 2.05) is 45.2 Å². The second kappa shape index (κ2) is 18.2. The molecule has 2 aromatic heterocycles. The molecule has 49 heavy (non-hydrogen) atoms. The molecule has 5 rings (SSSR count). The molecule has 3 nitrogen and oxygen atoms in total. The number of hydrogen-bond donors (Lipinski definition) is 1. The number of rotatable bonds is 11. The van der Waals surface area contributed by atoms with Gasteiger partial charge in [-0.15, -0.1) is 40.5 Å². The third kappa shape index (κ3) is 10.00. The van der Waals surface area contributed by atoms with E-state index in [-0.39, 0.29) is 48.9 Å². The van der Waals surface area contributed by atoms with E-state index < -0.39 is 0 Å². The number of nitrogens with zero attached hydrogens (tertiary/aromatic N) is 1. The smallest absolute Gasteiger partial charge is 0.162 e. The summed E-state index contributed by atoms with van der Waals surface area (Å²) in [6, 6.07) is 25.7. The molecule has 1 N–H and O–H groups in total. The van der Waals surface area contributed by atoms with E-state index in [1.165, 1.54) is 43.8 Å². The molecule has 2 heterocycles. The normalized spacial score (nSPS) is 12.0. The fourth-order valence-electron chi connectivity index (χ4n) is 6.48. The van der Waals surface area contributed by atoms with Gasteiger partial charge in [0, 0.05) is 54.6 Å². The molecule has 0 saturated carbocycles. The Labute approximate surface area is 312 Å². The zero-order valence-corrected chi connectivity index (χ0v) is 34.0. The van der Waals surface area contributed by atoms with Gasteiger partial charge in [-0.1, -0.05) is 110 Å². The Morgan fingerprint density at radius 3 is 2.20 bits per heavy atom. The third-order valence-corrected chi connectivity index (χ3v) is 10.3. The number of aliphatic hydroxyl groups is 1. The van der Waals surface area contributed by atoms with Gasteiger partial charge >= 0.3 is 0 Å². The third-order valence-electron chi connectivity index (χ3n) is 9.35. The Bertz CT molecular complexity index is 1850. The monoisotopic (exact) mass is 853 g/mol. The van der Waals surface area contributed by atoms with Crippen molar-refractivity contribution < 1.29 is 30.0 Å². The van der Waals surface area contributed by atoms with E-state index in [0.717, 1.165) is 48.7 Å². The Morgan fingerprint density at radius 2 is 1.57 bits per heavy atom. The number of carbonyl (C=O) groups excluding carboxylic acids is 1. The van der Waals surface area contributed by atoms with E-state index in [1.54, 1.807) is 0 Å². The summed E-state index contributed by atoms with van der Waals surface area (Å²) in [5.74, 6) is 1.19. The molecular weight excluding hydrogens is 799 g/mol. The molecule has 263 valence electrons. The number of hydrogen-bond acceptors (Lipinski definition) is 4. The van der Waals surface area contributed by atoms with E-state index in [0.29, 0.717) is 5.92 Å². The SMILES string of the molecule is CC(C)Cc1ccc(-c2ccnc(-c3[c-]c4ccccc4c(C(C)(C)C)c3)c2)c2sccc12.CCC(CC)C(=O)/C=C(\O)C(CC)CC.[Ir]. The summed E-state index contributed by atoms with van der Waals surface area (Å²) < 4.78 is 1.36. The number of carbonyl (C=O) groups is 1. The molecular formula is C44H54IrNO2S-. The van der Waals surface area contributed by atoms with Gasteiger partial charge < -0.3 is 5.11 Å². The summed E-state index contributed by atoms with van der Waals surface area (Å²) in [4.78, 5) is 16.5. The molecule has 0 spiro atoms. The van der Waals surface area contributed by atoms with Crippen LogP contribution in [0.5, 0.6) is 0 Å². The van der Waals surface area contributed by atoms with Crippen LogP contribution >= 0.6 is 11.3 Å². The Balaban J connectivity index is 0.000000347. The first-order chi connectivity index (χ1) is 22.9. The van der Waals surface area contributed by atoms with Crippen LogP contribution in [0.2, 0.25) is 0 Å². The summed E-state index contributed by atoms with van der Waals surface area (Å²) in [5.41, 5.74) is 7.33. The van der Waals surface area contributed by atoms with Crippen molar-refractivity contribution in [2.24, 2.45) is 17.8 Å². The summed E-state index contributed by atoms with van der Waals surface area (Å²) in [5, 5.41) is 15.8. The van der Waals surface area contributed by atoms with Crippen molar-refractivity contribution in [1.82, 2.24) is 4.98 Å². The number of benzene rings is 3. The number of aromatic nitrogens is 1. The maximum absolute atomic E-state index is 11.7. The first-order valence-corrected chi connectivity index (χ1v) is 18.6. The largest absolute Gasteiger partial charge is 0.512 e. The van der Waals surface area contributed by atoms with Crippen LogP contribution in [0.1, 0.15) is 99.1 Å². The predicted molar refractivity (Wildman–Crippen MR) is 208 cm³/mol. The van der Waals surface area contributed by atoms with Crippen LogP contribution in [0.4, 0.5) is 0 Å². The minimum absolute atomic E-state index is 0. The number of allylic oxidation sites excluding steroid dienone is 2. The average molecular weight is 853 g/mol. The van der Waals surface area contributed by atoms with Gasteiger partial charge in [0.25, 0.3) is 0 Å². The molecule has 0 aliphatic heterocycles. The van der Waals surface area contributed by atoms with Gasteiger partial charge in [-0.3, -0.25) is 9.78 Å². The topological polar surface area (TPSA) is 50.2 Å². The van der Waals surface area contributed by atoms with Crippen LogP contribution < -0.4 is 0 Å². The molecule has 5 aromatic rings. The molecule has 0 bridgehead atoms. The van der Waals surface area contributed by atoms with Crippen molar-refractivity contribution >= 4 is 38.0 Å². The molecule has 3 aromatic carbocycles. The average Bonchev–Trinajstić information content (AvgIpc) is 3.56. The Hall–Kier alpha value is -3.11. The maximum atomic E-state index is 11.7. The van der Waals surface area contributed by atoms with Crippen molar-refractivity contribution in [2.45, 2.75) is 99.8 Å². The predicted octanol–water partition coefficient (Wildman–Crippen LogP) is 12.9. The molecule has 0 atom stereocenters. The Morgan fingerprint density at radius 1 is 0.898 bits per heavy atom. The zero-order chi connectivity index (χ0) is 35.0. The van der Waals surface area contributed by atoms with Gasteiger partial charge in [0.05, 0.1) is 5.76 Å². The zero-order valence-electron chi connectivity index (χ0n) is 30.8. The van der Waals surface area contributed by atoms with Crippen LogP contribution in [-0.4, -0.2) is 15.9 Å². The number of pyridine rings is 1. The molecule has 0 fully saturated rings. The van der Waals surface area contributed by atoms with E-state index >= 15 is 0 Å². The van der Waals surface area contributed by atoms with Crippen LogP contribution in [0.25, 0.3) is 43.2 Å². The second-order valence-corrected chi connectivity index (χ2v) is 15.3. The second-order valence-electron chi connectivity index (χ2n) is 14.4. The van der Waals surface area contributed by atoms with Crippen molar-refractivity contribution in [3.05, 3.63) is 101 Å². The van der Waals surface area contributed by atoms with Crippen LogP contribution in [-0.2, 0) is 36.7 Å². The summed E-state index contributed by atoms with van der Waals surface area (Å²) in [7, 11) is 0. The van der Waals surface area contributed by atoms with Crippen LogP contribution in [0.15, 0.2) is 84.1 Å². The standard InChI is InChI=1S/C31H30NS.C13H24O2.Ir/c1-20(2)16-22-10-11-26(30-27(22)13-15-33-30)23-12-14-32-29(19-23)24-17-21-8-6-7-9-25(21)28(18-24)31(3,4)5;1-5-10(6-2)12(14)9-13(15)11(7-3)8-4;/h6-15,18-20H,16H2,1-5H3;9-11,14H,5-8H2,1-4H3;/q-1;;/b;12-9-;. The van der Waals surface area contributed by atoms with Crippen molar-refractivity contribution in [3.8, 4) is 22.4 Å². The fourth-order valence-corrected chi connectivity index (χ4v) is 7.46. The summed E-state index contributed by atoms with van der Waals surface area (Å²) in [6.07, 6.45) is 7.95. The van der Waals surface area contributed by atoms with Gasteiger partial charge in [-0.25, -0.2) is 0 Å². The van der Waals surface area contributed by atoms with Gasteiger partial charge in [-0.05, 0) is 83.0 Å². The van der Waals surface area contributed by atoms with Crippen molar-refractivity contribution in [1.29, 1.82) is 0 Å². The van der Waals surface area contributed by atoms with Crippen molar-refractivity contribution in [2.75, 3.05) is 0 Å². The number of ketones is 1. The maximum Gasteiger partial charge on any atom is 0.162 e. The molecule has 1 radical (unpaired) electrons. The number of thiophene rings is 1. The minimum Gasteiger partial charge on any atom is -0.512 e. The van der Waals surface area contributed by atoms with Gasteiger partial charge in [0.2, 0.25) is 0 Å². The minimum atomic E-state index is 0. The van der Waals surface area contributed by atoms with Gasteiger partial charge in [0.15, 0.2) is 5.78 Å². The molecule has 0 aliphatic carbocycles. The van der Waals surface area contributed by atoms with E-state index in [2.05, 4.69) is 107 Å². The molecule has 0 aliphatic rings. The van der Waals surface area contributed by atoms with Gasteiger partial charge in [0.1, 0.15) is 0 Å². The number of fused-ring (bicyclic) bond motifs is 2. The van der Waals surface area contributed by atoms with E-state index in [4.69, 9.17) is 4.98 Å². The van der Waals surface area contributed by atoms with Gasteiger partial charge in [-0.2, -0.15) is 0 Å². The molecule has 0 amide bonds. The molecule has 0 unspecified atom stereocenters. The van der Waals surface area contributed by atoms with E-state index in [9.17, 15) is 9.90 Å². The quantitative estimate of drug-likeness (QED) is 0.0818. The van der Waals surface area contributed by atoms with Crippen molar-refractivity contribution in [3.63, 3.8) is 0 Å². The molecule has 0 saturated heterocycles. The van der Waals surface area contributed by atoms with Crippen LogP contribution in [0, 0.1) is 23.8 Å². The first-order valence-electron chi connectivity index (χ1n) is 17.8. The fraction of sp³-hybridized carbons (Fsp3) is 0.409. The number of aliphatic hydroxyl groups excluding tert-OH is 1.